The van der Waals surface area contributed by atoms with E-state index in [0.29, 0.717) is 22.9 Å². The quantitative estimate of drug-likeness (QED) is 0.771. The molecule has 0 aliphatic rings. The van der Waals surface area contributed by atoms with Gasteiger partial charge >= 0.3 is 0 Å². The summed E-state index contributed by atoms with van der Waals surface area (Å²) in [7, 11) is 1.57. The number of benzene rings is 2. The number of likely N-dealkylation sites (N-methyl/N-ethyl adjacent to an activating group) is 1. The van der Waals surface area contributed by atoms with Crippen molar-refractivity contribution < 1.29 is 9.59 Å². The fraction of sp³-hybridized carbons (Fsp3) is 0.300. The van der Waals surface area contributed by atoms with Crippen molar-refractivity contribution in [3.8, 4) is 0 Å². The third-order valence-corrected chi connectivity index (χ3v) is 4.76. The largest absolute Gasteiger partial charge is 0.357 e. The van der Waals surface area contributed by atoms with Gasteiger partial charge in [0, 0.05) is 36.5 Å². The van der Waals surface area contributed by atoms with E-state index in [0.717, 1.165) is 11.1 Å². The highest BCUT2D eigenvalue weighted by Crippen LogP contribution is 2.24. The molecule has 26 heavy (non-hydrogen) atoms. The van der Waals surface area contributed by atoms with E-state index in [2.05, 4.69) is 5.32 Å². The average molecular weight is 393 g/mol. The van der Waals surface area contributed by atoms with Crippen LogP contribution >= 0.6 is 23.2 Å². The lowest BCUT2D eigenvalue weighted by molar-refractivity contribution is -0.140. The predicted octanol–water partition coefficient (Wildman–Crippen LogP) is 4.09. The predicted molar refractivity (Wildman–Crippen MR) is 105 cm³/mol. The van der Waals surface area contributed by atoms with Crippen LogP contribution in [0.5, 0.6) is 0 Å². The first-order valence-electron chi connectivity index (χ1n) is 8.45. The molecule has 2 amide bonds. The number of carbonyl (C=O) groups is 2. The minimum absolute atomic E-state index is 0.111. The summed E-state index contributed by atoms with van der Waals surface area (Å²) in [6, 6.07) is 14.2. The molecule has 2 aromatic rings. The second kappa shape index (κ2) is 9.60. The first-order valence-corrected chi connectivity index (χ1v) is 9.20. The summed E-state index contributed by atoms with van der Waals surface area (Å²) in [6.45, 7) is 2.02. The van der Waals surface area contributed by atoms with E-state index < -0.39 is 6.04 Å². The van der Waals surface area contributed by atoms with Gasteiger partial charge in [0.1, 0.15) is 6.04 Å². The summed E-state index contributed by atoms with van der Waals surface area (Å²) in [6.07, 6.45) is 0.727. The number of nitrogens with one attached hydrogen (secondary N) is 1. The Morgan fingerprint density at radius 3 is 2.38 bits per heavy atom. The summed E-state index contributed by atoms with van der Waals surface area (Å²) < 4.78 is 0. The molecule has 1 atom stereocenters. The number of hydrogen-bond donors (Lipinski definition) is 1. The summed E-state index contributed by atoms with van der Waals surface area (Å²) in [5.41, 5.74) is 1.73. The van der Waals surface area contributed by atoms with Crippen molar-refractivity contribution in [3.63, 3.8) is 0 Å². The molecule has 0 fully saturated rings. The lowest BCUT2D eigenvalue weighted by Gasteiger charge is -2.31. The van der Waals surface area contributed by atoms with E-state index in [1.54, 1.807) is 37.1 Å². The zero-order valence-electron chi connectivity index (χ0n) is 14.8. The normalized spacial score (nSPS) is 11.7. The van der Waals surface area contributed by atoms with Gasteiger partial charge in [-0.05, 0) is 23.3 Å². The average Bonchev–Trinajstić information content (AvgIpc) is 2.65. The van der Waals surface area contributed by atoms with Gasteiger partial charge in [0.25, 0.3) is 0 Å². The van der Waals surface area contributed by atoms with Crippen LogP contribution in [0.15, 0.2) is 48.5 Å². The van der Waals surface area contributed by atoms with Crippen LogP contribution in [0.1, 0.15) is 24.5 Å². The van der Waals surface area contributed by atoms with Crippen LogP contribution in [0.4, 0.5) is 0 Å². The molecular weight excluding hydrogens is 371 g/mol. The number of hydrogen-bond acceptors (Lipinski definition) is 2. The Hall–Kier alpha value is -2.04. The summed E-state index contributed by atoms with van der Waals surface area (Å²) in [4.78, 5) is 26.8. The third-order valence-electron chi connectivity index (χ3n) is 4.18. The molecule has 0 aliphatic carbocycles. The standard InChI is InChI=1S/C20H22Cl2N2O2/c1-3-19(25)24(13-15-9-10-16(21)12-17(15)22)18(20(26)23-2)11-14-7-5-4-6-8-14/h4-10,12,18H,3,11,13H2,1-2H3,(H,23,26)/t18-/m1/s1. The van der Waals surface area contributed by atoms with Gasteiger partial charge < -0.3 is 10.2 Å². The summed E-state index contributed by atoms with van der Waals surface area (Å²) in [5, 5.41) is 3.67. The highest BCUT2D eigenvalue weighted by molar-refractivity contribution is 6.35. The first kappa shape index (κ1) is 20.3. The van der Waals surface area contributed by atoms with Crippen LogP contribution in [0, 0.1) is 0 Å². The van der Waals surface area contributed by atoms with Crippen molar-refractivity contribution in [2.75, 3.05) is 7.05 Å². The molecule has 0 aliphatic heterocycles. The van der Waals surface area contributed by atoms with E-state index in [9.17, 15) is 9.59 Å². The van der Waals surface area contributed by atoms with Gasteiger partial charge in [0.05, 0.1) is 0 Å². The number of carbonyl (C=O) groups excluding carboxylic acids is 2. The monoisotopic (exact) mass is 392 g/mol. The maximum atomic E-state index is 12.6. The highest BCUT2D eigenvalue weighted by atomic mass is 35.5. The van der Waals surface area contributed by atoms with Crippen LogP contribution in [0.3, 0.4) is 0 Å². The second-order valence-corrected chi connectivity index (χ2v) is 6.77. The van der Waals surface area contributed by atoms with Gasteiger partial charge in [0.15, 0.2) is 0 Å². The van der Waals surface area contributed by atoms with Gasteiger partial charge in [-0.15, -0.1) is 0 Å². The molecule has 138 valence electrons. The van der Waals surface area contributed by atoms with Crippen LogP contribution in [-0.4, -0.2) is 29.8 Å². The van der Waals surface area contributed by atoms with Gasteiger partial charge in [0.2, 0.25) is 11.8 Å². The Labute approximate surface area is 164 Å². The van der Waals surface area contributed by atoms with E-state index in [4.69, 9.17) is 23.2 Å². The molecule has 0 saturated heterocycles. The molecule has 0 radical (unpaired) electrons. The molecule has 6 heteroatoms. The minimum atomic E-state index is -0.624. The molecular formula is C20H22Cl2N2O2. The molecule has 2 rings (SSSR count). The van der Waals surface area contributed by atoms with Crippen LogP contribution < -0.4 is 5.32 Å². The Morgan fingerprint density at radius 2 is 1.81 bits per heavy atom. The zero-order valence-corrected chi connectivity index (χ0v) is 16.3. The van der Waals surface area contributed by atoms with E-state index in [-0.39, 0.29) is 18.4 Å². The van der Waals surface area contributed by atoms with E-state index in [1.807, 2.05) is 30.3 Å². The molecule has 4 nitrogen and oxygen atoms in total. The van der Waals surface area contributed by atoms with Gasteiger partial charge in [-0.1, -0.05) is 66.5 Å². The molecule has 0 saturated carbocycles. The highest BCUT2D eigenvalue weighted by Gasteiger charge is 2.29. The fourth-order valence-electron chi connectivity index (χ4n) is 2.76. The number of amides is 2. The molecule has 1 N–H and O–H groups in total. The lowest BCUT2D eigenvalue weighted by Crippen LogP contribution is -2.49. The third kappa shape index (κ3) is 5.23. The molecule has 0 heterocycles. The second-order valence-electron chi connectivity index (χ2n) is 5.93. The summed E-state index contributed by atoms with van der Waals surface area (Å²) >= 11 is 12.2. The van der Waals surface area contributed by atoms with Gasteiger partial charge in [-0.2, -0.15) is 0 Å². The van der Waals surface area contributed by atoms with Crippen molar-refractivity contribution in [3.05, 3.63) is 69.7 Å². The van der Waals surface area contributed by atoms with E-state index in [1.165, 1.54) is 0 Å². The Balaban J connectivity index is 2.36. The zero-order chi connectivity index (χ0) is 19.1. The topological polar surface area (TPSA) is 49.4 Å². The van der Waals surface area contributed by atoms with Gasteiger partial charge in [-0.3, -0.25) is 9.59 Å². The van der Waals surface area contributed by atoms with Crippen LogP contribution in [-0.2, 0) is 22.6 Å². The molecule has 2 aromatic carbocycles. The Kier molecular flexibility index (Phi) is 7.49. The number of halogens is 2. The van der Waals surface area contributed by atoms with Crippen molar-refractivity contribution in [2.45, 2.75) is 32.4 Å². The SMILES string of the molecule is CCC(=O)N(Cc1ccc(Cl)cc1Cl)[C@H](Cc1ccccc1)C(=O)NC. The molecule has 0 unspecified atom stereocenters. The Bertz CT molecular complexity index is 766. The number of rotatable bonds is 7. The maximum absolute atomic E-state index is 12.6. The van der Waals surface area contributed by atoms with Crippen molar-refractivity contribution in [2.24, 2.45) is 0 Å². The van der Waals surface area contributed by atoms with Gasteiger partial charge in [-0.25, -0.2) is 0 Å². The lowest BCUT2D eigenvalue weighted by atomic mass is 10.0. The Morgan fingerprint density at radius 1 is 1.12 bits per heavy atom. The summed E-state index contributed by atoms with van der Waals surface area (Å²) in [5.74, 6) is -0.318. The van der Waals surface area contributed by atoms with Crippen molar-refractivity contribution in [1.82, 2.24) is 10.2 Å². The van der Waals surface area contributed by atoms with Crippen molar-refractivity contribution in [1.29, 1.82) is 0 Å². The minimum Gasteiger partial charge on any atom is -0.357 e. The van der Waals surface area contributed by atoms with Crippen LogP contribution in [0.25, 0.3) is 0 Å². The smallest absolute Gasteiger partial charge is 0.242 e. The van der Waals surface area contributed by atoms with Crippen LogP contribution in [0.2, 0.25) is 10.0 Å². The van der Waals surface area contributed by atoms with E-state index >= 15 is 0 Å². The number of nitrogens with zero attached hydrogens (tertiary/aromatic N) is 1. The molecule has 0 aromatic heterocycles. The maximum Gasteiger partial charge on any atom is 0.242 e. The fourth-order valence-corrected chi connectivity index (χ4v) is 3.23. The molecule has 0 bridgehead atoms. The first-order chi connectivity index (χ1) is 12.5. The van der Waals surface area contributed by atoms with Crippen molar-refractivity contribution >= 4 is 35.0 Å². The molecule has 0 spiro atoms.